The van der Waals surface area contributed by atoms with Gasteiger partial charge in [-0.2, -0.15) is 0 Å². The number of halogens is 1. The number of imidazole rings is 1. The highest BCUT2D eigenvalue weighted by Crippen LogP contribution is 2.24. The standard InChI is InChI=1S/C16H15ClN2/c1-10-4-5-13(6-11(10)2)15-9-19-8-14(17)7-12(3)16(19)18-15/h4-9H,1-3H3. The Balaban J connectivity index is 2.20. The van der Waals surface area contributed by atoms with Crippen molar-refractivity contribution < 1.29 is 0 Å². The summed E-state index contributed by atoms with van der Waals surface area (Å²) in [5, 5.41) is 0.731. The molecular weight excluding hydrogens is 256 g/mol. The van der Waals surface area contributed by atoms with Crippen LogP contribution in [-0.2, 0) is 0 Å². The van der Waals surface area contributed by atoms with Gasteiger partial charge in [0.25, 0.3) is 0 Å². The molecule has 2 heterocycles. The van der Waals surface area contributed by atoms with E-state index >= 15 is 0 Å². The molecule has 0 saturated heterocycles. The number of hydrogen-bond acceptors (Lipinski definition) is 1. The molecule has 0 atom stereocenters. The number of benzene rings is 1. The van der Waals surface area contributed by atoms with Crippen LogP contribution in [0.1, 0.15) is 16.7 Å². The van der Waals surface area contributed by atoms with Crippen LogP contribution in [0.15, 0.2) is 36.7 Å². The number of hydrogen-bond donors (Lipinski definition) is 0. The number of nitrogens with zero attached hydrogens (tertiary/aromatic N) is 2. The van der Waals surface area contributed by atoms with E-state index < -0.39 is 0 Å². The molecule has 0 N–H and O–H groups in total. The van der Waals surface area contributed by atoms with Gasteiger partial charge in [0.1, 0.15) is 5.65 Å². The molecule has 0 spiro atoms. The highest BCUT2D eigenvalue weighted by Gasteiger charge is 2.08. The van der Waals surface area contributed by atoms with Crippen molar-refractivity contribution in [1.82, 2.24) is 9.38 Å². The molecule has 0 radical (unpaired) electrons. The van der Waals surface area contributed by atoms with E-state index in [0.29, 0.717) is 0 Å². The van der Waals surface area contributed by atoms with E-state index in [1.807, 2.05) is 29.8 Å². The molecule has 96 valence electrons. The van der Waals surface area contributed by atoms with E-state index in [1.165, 1.54) is 11.1 Å². The summed E-state index contributed by atoms with van der Waals surface area (Å²) in [6, 6.07) is 8.36. The maximum absolute atomic E-state index is 6.08. The molecule has 0 saturated carbocycles. The monoisotopic (exact) mass is 270 g/mol. The Kier molecular flexibility index (Phi) is 2.83. The summed E-state index contributed by atoms with van der Waals surface area (Å²) >= 11 is 6.08. The lowest BCUT2D eigenvalue weighted by Gasteiger charge is -2.01. The van der Waals surface area contributed by atoms with Crippen LogP contribution in [0.4, 0.5) is 0 Å². The van der Waals surface area contributed by atoms with Crippen molar-refractivity contribution in [3.63, 3.8) is 0 Å². The maximum atomic E-state index is 6.08. The summed E-state index contributed by atoms with van der Waals surface area (Å²) in [6.45, 7) is 6.27. The topological polar surface area (TPSA) is 17.3 Å². The van der Waals surface area contributed by atoms with Gasteiger partial charge in [-0.05, 0) is 49.6 Å². The first-order valence-corrected chi connectivity index (χ1v) is 6.65. The van der Waals surface area contributed by atoms with Crippen molar-refractivity contribution >= 4 is 17.2 Å². The third-order valence-electron chi connectivity index (χ3n) is 3.50. The summed E-state index contributed by atoms with van der Waals surface area (Å²) in [7, 11) is 0. The number of pyridine rings is 1. The predicted octanol–water partition coefficient (Wildman–Crippen LogP) is 4.58. The van der Waals surface area contributed by atoms with Crippen molar-refractivity contribution in [2.45, 2.75) is 20.8 Å². The van der Waals surface area contributed by atoms with Gasteiger partial charge in [0.05, 0.1) is 10.7 Å². The summed E-state index contributed by atoms with van der Waals surface area (Å²) < 4.78 is 1.99. The lowest BCUT2D eigenvalue weighted by atomic mass is 10.1. The third kappa shape index (κ3) is 2.13. The molecule has 2 nitrogen and oxygen atoms in total. The van der Waals surface area contributed by atoms with Crippen LogP contribution in [0.5, 0.6) is 0 Å². The second kappa shape index (κ2) is 4.39. The molecule has 0 aliphatic carbocycles. The van der Waals surface area contributed by atoms with Gasteiger partial charge in [-0.3, -0.25) is 0 Å². The molecule has 0 amide bonds. The van der Waals surface area contributed by atoms with E-state index in [-0.39, 0.29) is 0 Å². The Labute approximate surface area is 117 Å². The Hall–Kier alpha value is -1.80. The molecule has 0 fully saturated rings. The molecule has 3 aromatic rings. The van der Waals surface area contributed by atoms with Gasteiger partial charge in [0.15, 0.2) is 0 Å². The molecule has 2 aromatic heterocycles. The van der Waals surface area contributed by atoms with Crippen molar-refractivity contribution in [2.75, 3.05) is 0 Å². The Morgan fingerprint density at radius 2 is 1.74 bits per heavy atom. The normalized spacial score (nSPS) is 11.2. The molecule has 19 heavy (non-hydrogen) atoms. The minimum Gasteiger partial charge on any atom is -0.305 e. The first-order valence-electron chi connectivity index (χ1n) is 6.27. The molecule has 0 aliphatic heterocycles. The molecule has 0 unspecified atom stereocenters. The quantitative estimate of drug-likeness (QED) is 0.633. The predicted molar refractivity (Wildman–Crippen MR) is 79.8 cm³/mol. The Bertz CT molecular complexity index is 772. The number of rotatable bonds is 1. The van der Waals surface area contributed by atoms with Crippen LogP contribution < -0.4 is 0 Å². The zero-order valence-corrected chi connectivity index (χ0v) is 12.0. The minimum absolute atomic E-state index is 0.731. The fourth-order valence-corrected chi connectivity index (χ4v) is 2.53. The van der Waals surface area contributed by atoms with Crippen LogP contribution in [0.25, 0.3) is 16.9 Å². The van der Waals surface area contributed by atoms with E-state index in [1.54, 1.807) is 0 Å². The fraction of sp³-hybridized carbons (Fsp3) is 0.188. The largest absolute Gasteiger partial charge is 0.305 e. The van der Waals surface area contributed by atoms with E-state index in [0.717, 1.165) is 27.5 Å². The average molecular weight is 271 g/mol. The molecule has 0 aliphatic rings. The lowest BCUT2D eigenvalue weighted by molar-refractivity contribution is 1.16. The van der Waals surface area contributed by atoms with Crippen molar-refractivity contribution in [3.8, 4) is 11.3 Å². The van der Waals surface area contributed by atoms with Crippen LogP contribution in [0.2, 0.25) is 5.02 Å². The van der Waals surface area contributed by atoms with Gasteiger partial charge in [0.2, 0.25) is 0 Å². The van der Waals surface area contributed by atoms with Gasteiger partial charge in [-0.1, -0.05) is 23.7 Å². The number of aromatic nitrogens is 2. The second-order valence-corrected chi connectivity index (χ2v) is 5.43. The summed E-state index contributed by atoms with van der Waals surface area (Å²) in [5.41, 5.74) is 6.74. The van der Waals surface area contributed by atoms with Crippen LogP contribution >= 0.6 is 11.6 Å². The SMILES string of the molecule is Cc1ccc(-c2cn3cc(Cl)cc(C)c3n2)cc1C. The summed E-state index contributed by atoms with van der Waals surface area (Å²) in [5.74, 6) is 0. The third-order valence-corrected chi connectivity index (χ3v) is 3.71. The molecule has 3 heteroatoms. The molecule has 3 rings (SSSR count). The highest BCUT2D eigenvalue weighted by atomic mass is 35.5. The van der Waals surface area contributed by atoms with Gasteiger partial charge in [-0.15, -0.1) is 0 Å². The zero-order valence-electron chi connectivity index (χ0n) is 11.2. The Morgan fingerprint density at radius 1 is 0.947 bits per heavy atom. The number of aryl methyl sites for hydroxylation is 3. The molecular formula is C16H15ClN2. The van der Waals surface area contributed by atoms with Gasteiger partial charge < -0.3 is 4.40 Å². The van der Waals surface area contributed by atoms with Gasteiger partial charge in [-0.25, -0.2) is 4.98 Å². The van der Waals surface area contributed by atoms with E-state index in [4.69, 9.17) is 16.6 Å². The smallest absolute Gasteiger partial charge is 0.140 e. The zero-order chi connectivity index (χ0) is 13.6. The minimum atomic E-state index is 0.731. The van der Waals surface area contributed by atoms with Crippen molar-refractivity contribution in [1.29, 1.82) is 0 Å². The Morgan fingerprint density at radius 3 is 2.47 bits per heavy atom. The first-order chi connectivity index (χ1) is 9.04. The fourth-order valence-electron chi connectivity index (χ4n) is 2.27. The van der Waals surface area contributed by atoms with Crippen LogP contribution in [-0.4, -0.2) is 9.38 Å². The van der Waals surface area contributed by atoms with Gasteiger partial charge in [0, 0.05) is 18.0 Å². The van der Waals surface area contributed by atoms with Crippen LogP contribution in [0.3, 0.4) is 0 Å². The van der Waals surface area contributed by atoms with Crippen molar-refractivity contribution in [2.24, 2.45) is 0 Å². The van der Waals surface area contributed by atoms with Crippen molar-refractivity contribution in [3.05, 3.63) is 58.4 Å². The average Bonchev–Trinajstić information content (AvgIpc) is 2.76. The molecule has 1 aromatic carbocycles. The second-order valence-electron chi connectivity index (χ2n) is 5.00. The first kappa shape index (κ1) is 12.2. The summed E-state index contributed by atoms with van der Waals surface area (Å²) in [4.78, 5) is 4.70. The number of fused-ring (bicyclic) bond motifs is 1. The van der Waals surface area contributed by atoms with E-state index in [9.17, 15) is 0 Å². The summed E-state index contributed by atoms with van der Waals surface area (Å²) in [6.07, 6.45) is 3.92. The highest BCUT2D eigenvalue weighted by molar-refractivity contribution is 6.30. The molecule has 0 bridgehead atoms. The van der Waals surface area contributed by atoms with Crippen LogP contribution in [0, 0.1) is 20.8 Å². The van der Waals surface area contributed by atoms with Gasteiger partial charge >= 0.3 is 0 Å². The lowest BCUT2D eigenvalue weighted by Crippen LogP contribution is -1.86. The van der Waals surface area contributed by atoms with E-state index in [2.05, 4.69) is 32.0 Å². The maximum Gasteiger partial charge on any atom is 0.140 e.